The van der Waals surface area contributed by atoms with Crippen LogP contribution in [0.5, 0.6) is 0 Å². The van der Waals surface area contributed by atoms with Gasteiger partial charge in [0.05, 0.1) is 0 Å². The second kappa shape index (κ2) is 5.30. The van der Waals surface area contributed by atoms with Crippen molar-refractivity contribution in [1.29, 1.82) is 0 Å². The summed E-state index contributed by atoms with van der Waals surface area (Å²) in [4.78, 5) is 1.56. The van der Waals surface area contributed by atoms with Gasteiger partial charge >= 0.3 is 0 Å². The van der Waals surface area contributed by atoms with Crippen LogP contribution in [0.15, 0.2) is 60.5 Å². The Bertz CT molecular complexity index is 529. The van der Waals surface area contributed by atoms with Gasteiger partial charge in [0.2, 0.25) is 0 Å². The lowest BCUT2D eigenvalue weighted by Crippen LogP contribution is -2.17. The van der Waals surface area contributed by atoms with E-state index in [9.17, 15) is 17.6 Å². The van der Waals surface area contributed by atoms with Crippen molar-refractivity contribution in [2.45, 2.75) is 12.9 Å². The highest BCUT2D eigenvalue weighted by atomic mass is 19.3. The maximum Gasteiger partial charge on any atom is 0.263 e. The summed E-state index contributed by atoms with van der Waals surface area (Å²) in [5, 5.41) is 0. The fraction of sp³-hybridized carbons (Fsp3) is 0.143. The SMILES string of the molecule is C=C1C=C(C(F)F)C=CN1c1ccc(C(F)F)cc1. The van der Waals surface area contributed by atoms with Gasteiger partial charge in [0.15, 0.2) is 0 Å². The molecule has 1 aliphatic rings. The number of benzene rings is 1. The first-order valence-electron chi connectivity index (χ1n) is 5.53. The number of anilines is 1. The summed E-state index contributed by atoms with van der Waals surface area (Å²) >= 11 is 0. The minimum atomic E-state index is -2.56. The summed E-state index contributed by atoms with van der Waals surface area (Å²) in [7, 11) is 0. The molecule has 0 aromatic heterocycles. The summed E-state index contributed by atoms with van der Waals surface area (Å²) < 4.78 is 49.8. The predicted octanol–water partition coefficient (Wildman–Crippen LogP) is 4.66. The predicted molar refractivity (Wildman–Crippen MR) is 66.2 cm³/mol. The third-order valence-electron chi connectivity index (χ3n) is 2.73. The van der Waals surface area contributed by atoms with Crippen molar-refractivity contribution < 1.29 is 17.6 Å². The molecule has 0 fully saturated rings. The third kappa shape index (κ3) is 2.86. The molecule has 0 N–H and O–H groups in total. The molecule has 0 radical (unpaired) electrons. The number of nitrogens with zero attached hydrogens (tertiary/aromatic N) is 1. The van der Waals surface area contributed by atoms with Gasteiger partial charge in [0.25, 0.3) is 12.9 Å². The van der Waals surface area contributed by atoms with E-state index in [1.165, 1.54) is 42.6 Å². The molecule has 0 amide bonds. The van der Waals surface area contributed by atoms with E-state index in [4.69, 9.17) is 0 Å². The molecule has 0 bridgehead atoms. The Balaban J connectivity index is 2.21. The average molecular weight is 269 g/mol. The number of rotatable bonds is 3. The maximum absolute atomic E-state index is 12.5. The van der Waals surface area contributed by atoms with Gasteiger partial charge in [-0.15, -0.1) is 0 Å². The Morgan fingerprint density at radius 1 is 0.947 bits per heavy atom. The Kier molecular flexibility index (Phi) is 3.74. The molecular weight excluding hydrogens is 258 g/mol. The molecule has 1 heterocycles. The van der Waals surface area contributed by atoms with Crippen molar-refractivity contribution in [1.82, 2.24) is 0 Å². The normalized spacial score (nSPS) is 15.4. The van der Waals surface area contributed by atoms with E-state index in [0.717, 1.165) is 0 Å². The van der Waals surface area contributed by atoms with E-state index >= 15 is 0 Å². The van der Waals surface area contributed by atoms with E-state index in [2.05, 4.69) is 6.58 Å². The summed E-state index contributed by atoms with van der Waals surface area (Å²) in [5.41, 5.74) is 0.752. The Labute approximate surface area is 108 Å². The molecule has 1 nitrogen and oxygen atoms in total. The highest BCUT2D eigenvalue weighted by Gasteiger charge is 2.16. The first-order valence-corrected chi connectivity index (χ1v) is 5.53. The van der Waals surface area contributed by atoms with E-state index < -0.39 is 12.9 Å². The Morgan fingerprint density at radius 2 is 1.58 bits per heavy atom. The molecule has 0 unspecified atom stereocenters. The molecule has 0 aliphatic carbocycles. The van der Waals surface area contributed by atoms with E-state index in [0.29, 0.717) is 11.4 Å². The van der Waals surface area contributed by atoms with Crippen molar-refractivity contribution in [2.75, 3.05) is 4.90 Å². The van der Waals surface area contributed by atoms with Crippen molar-refractivity contribution in [2.24, 2.45) is 0 Å². The van der Waals surface area contributed by atoms with Gasteiger partial charge in [0, 0.05) is 28.7 Å². The Morgan fingerprint density at radius 3 is 2.05 bits per heavy atom. The van der Waals surface area contributed by atoms with E-state index in [1.54, 1.807) is 4.90 Å². The van der Waals surface area contributed by atoms with Crippen molar-refractivity contribution in [3.05, 3.63) is 66.0 Å². The standard InChI is InChI=1S/C14H11F4N/c1-9-8-11(14(17)18)6-7-19(9)12-4-2-10(3-5-12)13(15)16/h2-8,13-14H,1H2. The lowest BCUT2D eigenvalue weighted by atomic mass is 10.1. The highest BCUT2D eigenvalue weighted by Crippen LogP contribution is 2.28. The second-order valence-corrected chi connectivity index (χ2v) is 4.01. The minimum Gasteiger partial charge on any atom is -0.318 e. The van der Waals surface area contributed by atoms with Crippen LogP contribution in [-0.4, -0.2) is 6.43 Å². The molecule has 0 spiro atoms. The first-order chi connectivity index (χ1) is 8.99. The molecule has 1 aliphatic heterocycles. The van der Waals surface area contributed by atoms with Crippen LogP contribution in [0.4, 0.5) is 23.2 Å². The van der Waals surface area contributed by atoms with Gasteiger partial charge in [-0.1, -0.05) is 18.7 Å². The molecule has 19 heavy (non-hydrogen) atoms. The van der Waals surface area contributed by atoms with Gasteiger partial charge in [-0.25, -0.2) is 17.6 Å². The summed E-state index contributed by atoms with van der Waals surface area (Å²) in [6.07, 6.45) is -1.09. The number of halogens is 4. The fourth-order valence-electron chi connectivity index (χ4n) is 1.73. The number of hydrogen-bond donors (Lipinski definition) is 0. The monoisotopic (exact) mass is 269 g/mol. The minimum absolute atomic E-state index is 0.0841. The summed E-state index contributed by atoms with van der Waals surface area (Å²) in [5.74, 6) is 0. The Hall–Kier alpha value is -2.04. The highest BCUT2D eigenvalue weighted by molar-refractivity contribution is 5.61. The van der Waals surface area contributed by atoms with Crippen molar-refractivity contribution >= 4 is 5.69 Å². The van der Waals surface area contributed by atoms with Gasteiger partial charge in [-0.05, 0) is 24.3 Å². The molecule has 2 rings (SSSR count). The van der Waals surface area contributed by atoms with Crippen LogP contribution in [-0.2, 0) is 0 Å². The van der Waals surface area contributed by atoms with Crippen LogP contribution >= 0.6 is 0 Å². The van der Waals surface area contributed by atoms with E-state index in [-0.39, 0.29) is 11.1 Å². The summed E-state index contributed by atoms with van der Waals surface area (Å²) in [6, 6.07) is 5.59. The van der Waals surface area contributed by atoms with Crippen molar-refractivity contribution in [3.63, 3.8) is 0 Å². The van der Waals surface area contributed by atoms with Crippen LogP contribution in [0.25, 0.3) is 0 Å². The van der Waals surface area contributed by atoms with Gasteiger partial charge in [-0.3, -0.25) is 0 Å². The number of allylic oxidation sites excluding steroid dienone is 3. The smallest absolute Gasteiger partial charge is 0.263 e. The first kappa shape index (κ1) is 13.4. The van der Waals surface area contributed by atoms with Gasteiger partial charge in [0.1, 0.15) is 0 Å². The average Bonchev–Trinajstić information content (AvgIpc) is 2.38. The van der Waals surface area contributed by atoms with Crippen LogP contribution in [0.1, 0.15) is 12.0 Å². The number of hydrogen-bond acceptors (Lipinski definition) is 1. The lowest BCUT2D eigenvalue weighted by molar-refractivity contribution is 0.151. The second-order valence-electron chi connectivity index (χ2n) is 4.01. The molecule has 100 valence electrons. The number of alkyl halides is 4. The zero-order valence-corrected chi connectivity index (χ0v) is 9.86. The zero-order valence-electron chi connectivity index (χ0n) is 9.86. The van der Waals surface area contributed by atoms with Gasteiger partial charge < -0.3 is 4.90 Å². The van der Waals surface area contributed by atoms with Gasteiger partial charge in [-0.2, -0.15) is 0 Å². The van der Waals surface area contributed by atoms with Crippen molar-refractivity contribution in [3.8, 4) is 0 Å². The molecule has 0 saturated heterocycles. The molecule has 0 saturated carbocycles. The van der Waals surface area contributed by atoms with Crippen LogP contribution in [0.3, 0.4) is 0 Å². The quantitative estimate of drug-likeness (QED) is 0.721. The maximum atomic E-state index is 12.5. The molecule has 0 atom stereocenters. The third-order valence-corrected chi connectivity index (χ3v) is 2.73. The molecule has 1 aromatic carbocycles. The zero-order chi connectivity index (χ0) is 14.0. The topological polar surface area (TPSA) is 3.24 Å². The molecular formula is C14H11F4N. The summed E-state index contributed by atoms with van der Waals surface area (Å²) in [6.45, 7) is 3.68. The fourth-order valence-corrected chi connectivity index (χ4v) is 1.73. The molecule has 5 heteroatoms. The largest absolute Gasteiger partial charge is 0.318 e. The van der Waals surface area contributed by atoms with Crippen LogP contribution in [0.2, 0.25) is 0 Å². The van der Waals surface area contributed by atoms with Crippen LogP contribution < -0.4 is 4.90 Å². The molecule has 1 aromatic rings. The van der Waals surface area contributed by atoms with Crippen LogP contribution in [0, 0.1) is 0 Å². The van der Waals surface area contributed by atoms with E-state index in [1.807, 2.05) is 0 Å². The lowest BCUT2D eigenvalue weighted by Gasteiger charge is -2.25.